The molecule has 0 unspecified atom stereocenters. The topological polar surface area (TPSA) is 49.4 Å². The zero-order chi connectivity index (χ0) is 15.3. The molecule has 1 aromatic rings. The van der Waals surface area contributed by atoms with Crippen LogP contribution in [0.3, 0.4) is 0 Å². The van der Waals surface area contributed by atoms with Crippen molar-refractivity contribution >= 4 is 29.1 Å². The van der Waals surface area contributed by atoms with E-state index < -0.39 is 5.41 Å². The van der Waals surface area contributed by atoms with Gasteiger partial charge in [-0.05, 0) is 52.0 Å². The Balaban J connectivity index is 2.83. The number of amides is 2. The minimum atomic E-state index is -1.11. The first-order chi connectivity index (χ1) is 9.32. The molecule has 0 aromatic heterocycles. The maximum Gasteiger partial charge on any atom is 0.239 e. The molecule has 0 aliphatic carbocycles. The van der Waals surface area contributed by atoms with Crippen molar-refractivity contribution in [1.82, 2.24) is 4.90 Å². The number of rotatable bonds is 5. The van der Waals surface area contributed by atoms with Gasteiger partial charge in [-0.3, -0.25) is 9.59 Å². The number of nitrogens with zero attached hydrogens (tertiary/aromatic N) is 1. The van der Waals surface area contributed by atoms with E-state index in [1.807, 2.05) is 13.8 Å². The third kappa shape index (κ3) is 3.73. The van der Waals surface area contributed by atoms with Crippen LogP contribution >= 0.6 is 11.6 Å². The molecular weight excluding hydrogens is 276 g/mol. The van der Waals surface area contributed by atoms with Gasteiger partial charge in [-0.1, -0.05) is 11.6 Å². The van der Waals surface area contributed by atoms with Crippen LogP contribution in [0.5, 0.6) is 0 Å². The molecule has 1 N–H and O–H groups in total. The van der Waals surface area contributed by atoms with Crippen LogP contribution in [0.15, 0.2) is 24.3 Å². The fourth-order valence-corrected chi connectivity index (χ4v) is 1.95. The van der Waals surface area contributed by atoms with Crippen LogP contribution in [-0.4, -0.2) is 29.8 Å². The molecule has 0 heterocycles. The van der Waals surface area contributed by atoms with Crippen LogP contribution in [0, 0.1) is 5.41 Å². The quantitative estimate of drug-likeness (QED) is 0.849. The zero-order valence-electron chi connectivity index (χ0n) is 12.4. The Hall–Kier alpha value is -1.55. The van der Waals surface area contributed by atoms with E-state index in [2.05, 4.69) is 5.32 Å². The second-order valence-electron chi connectivity index (χ2n) is 5.06. The van der Waals surface area contributed by atoms with E-state index in [0.717, 1.165) is 0 Å². The number of nitrogens with one attached hydrogen (secondary N) is 1. The number of benzene rings is 1. The summed E-state index contributed by atoms with van der Waals surface area (Å²) in [7, 11) is 0. The van der Waals surface area contributed by atoms with Crippen molar-refractivity contribution in [3.8, 4) is 0 Å². The van der Waals surface area contributed by atoms with Gasteiger partial charge in [0.1, 0.15) is 5.41 Å². The molecule has 4 nitrogen and oxygen atoms in total. The fraction of sp³-hybridized carbons (Fsp3) is 0.467. The fourth-order valence-electron chi connectivity index (χ4n) is 1.82. The van der Waals surface area contributed by atoms with Gasteiger partial charge in [-0.15, -0.1) is 0 Å². The molecule has 1 rings (SSSR count). The van der Waals surface area contributed by atoms with Gasteiger partial charge in [0.25, 0.3) is 0 Å². The molecule has 110 valence electrons. The summed E-state index contributed by atoms with van der Waals surface area (Å²) in [6.45, 7) is 8.25. The van der Waals surface area contributed by atoms with Crippen molar-refractivity contribution in [2.24, 2.45) is 5.41 Å². The van der Waals surface area contributed by atoms with Crippen molar-refractivity contribution in [2.45, 2.75) is 27.7 Å². The van der Waals surface area contributed by atoms with Crippen molar-refractivity contribution in [2.75, 3.05) is 18.4 Å². The van der Waals surface area contributed by atoms with Gasteiger partial charge in [0.05, 0.1) is 0 Å². The van der Waals surface area contributed by atoms with E-state index in [1.165, 1.54) is 0 Å². The van der Waals surface area contributed by atoms with Gasteiger partial charge in [-0.2, -0.15) is 0 Å². The van der Waals surface area contributed by atoms with Crippen LogP contribution < -0.4 is 5.32 Å². The Morgan fingerprint density at radius 1 is 1.15 bits per heavy atom. The summed E-state index contributed by atoms with van der Waals surface area (Å²) in [6, 6.07) is 6.79. The maximum atomic E-state index is 12.4. The number of carbonyl (C=O) groups excluding carboxylic acids is 2. The smallest absolute Gasteiger partial charge is 0.239 e. The van der Waals surface area contributed by atoms with E-state index in [1.54, 1.807) is 43.0 Å². The molecule has 0 aliphatic heterocycles. The largest absolute Gasteiger partial charge is 0.342 e. The third-order valence-electron chi connectivity index (χ3n) is 3.26. The molecule has 0 bridgehead atoms. The van der Waals surface area contributed by atoms with Crippen LogP contribution in [-0.2, 0) is 9.59 Å². The van der Waals surface area contributed by atoms with E-state index in [4.69, 9.17) is 11.6 Å². The summed E-state index contributed by atoms with van der Waals surface area (Å²) < 4.78 is 0. The monoisotopic (exact) mass is 296 g/mol. The molecule has 0 saturated heterocycles. The lowest BCUT2D eigenvalue weighted by Crippen LogP contribution is -2.47. The van der Waals surface area contributed by atoms with E-state index in [9.17, 15) is 9.59 Å². The lowest BCUT2D eigenvalue weighted by molar-refractivity contribution is -0.146. The normalized spacial score (nSPS) is 11.1. The number of hydrogen-bond acceptors (Lipinski definition) is 2. The average Bonchev–Trinajstić information content (AvgIpc) is 2.42. The molecular formula is C15H21ClN2O2. The number of anilines is 1. The Labute approximate surface area is 125 Å². The van der Waals surface area contributed by atoms with Gasteiger partial charge in [0.15, 0.2) is 0 Å². The summed E-state index contributed by atoms with van der Waals surface area (Å²) in [5, 5.41) is 3.35. The van der Waals surface area contributed by atoms with Gasteiger partial charge >= 0.3 is 0 Å². The highest BCUT2D eigenvalue weighted by atomic mass is 35.5. The van der Waals surface area contributed by atoms with E-state index >= 15 is 0 Å². The van der Waals surface area contributed by atoms with Crippen LogP contribution in [0.25, 0.3) is 0 Å². The molecule has 0 atom stereocenters. The predicted octanol–water partition coefficient (Wildman–Crippen LogP) is 3.17. The summed E-state index contributed by atoms with van der Waals surface area (Å²) in [5.41, 5.74) is -0.481. The van der Waals surface area contributed by atoms with Crippen LogP contribution in [0.1, 0.15) is 27.7 Å². The minimum absolute atomic E-state index is 0.172. The van der Waals surface area contributed by atoms with E-state index in [0.29, 0.717) is 23.8 Å². The highest BCUT2D eigenvalue weighted by molar-refractivity contribution is 6.30. The first kappa shape index (κ1) is 16.5. The van der Waals surface area contributed by atoms with Gasteiger partial charge < -0.3 is 10.2 Å². The molecule has 5 heteroatoms. The van der Waals surface area contributed by atoms with Gasteiger partial charge in [0, 0.05) is 23.8 Å². The Kier molecular flexibility index (Phi) is 5.57. The van der Waals surface area contributed by atoms with Gasteiger partial charge in [0.2, 0.25) is 11.8 Å². The SMILES string of the molecule is CCN(CC)C(=O)C(C)(C)C(=O)Nc1ccc(Cl)cc1. The standard InChI is InChI=1S/C15H21ClN2O2/c1-5-18(6-2)14(20)15(3,4)13(19)17-12-9-7-11(16)8-10-12/h7-10H,5-6H2,1-4H3,(H,17,19). The molecule has 1 aromatic carbocycles. The predicted molar refractivity (Wildman–Crippen MR) is 81.8 cm³/mol. The molecule has 0 spiro atoms. The summed E-state index contributed by atoms with van der Waals surface area (Å²) in [5.74, 6) is -0.495. The second kappa shape index (κ2) is 6.75. The zero-order valence-corrected chi connectivity index (χ0v) is 13.1. The van der Waals surface area contributed by atoms with Crippen LogP contribution in [0.4, 0.5) is 5.69 Å². The Bertz CT molecular complexity index is 479. The summed E-state index contributed by atoms with van der Waals surface area (Å²) in [6.07, 6.45) is 0. The number of halogens is 1. The third-order valence-corrected chi connectivity index (χ3v) is 3.51. The lowest BCUT2D eigenvalue weighted by Gasteiger charge is -2.29. The number of hydrogen-bond donors (Lipinski definition) is 1. The van der Waals surface area contributed by atoms with Gasteiger partial charge in [-0.25, -0.2) is 0 Å². The Morgan fingerprint density at radius 3 is 2.10 bits per heavy atom. The molecule has 0 fully saturated rings. The highest BCUT2D eigenvalue weighted by Gasteiger charge is 2.38. The average molecular weight is 297 g/mol. The van der Waals surface area contributed by atoms with E-state index in [-0.39, 0.29) is 11.8 Å². The summed E-state index contributed by atoms with van der Waals surface area (Å²) in [4.78, 5) is 26.3. The highest BCUT2D eigenvalue weighted by Crippen LogP contribution is 2.22. The van der Waals surface area contributed by atoms with Crippen molar-refractivity contribution in [3.63, 3.8) is 0 Å². The molecule has 2 amide bonds. The molecule has 20 heavy (non-hydrogen) atoms. The first-order valence-corrected chi connectivity index (χ1v) is 7.07. The molecule has 0 aliphatic rings. The molecule has 0 saturated carbocycles. The summed E-state index contributed by atoms with van der Waals surface area (Å²) >= 11 is 5.79. The van der Waals surface area contributed by atoms with Crippen molar-refractivity contribution in [1.29, 1.82) is 0 Å². The molecule has 0 radical (unpaired) electrons. The Morgan fingerprint density at radius 2 is 1.65 bits per heavy atom. The minimum Gasteiger partial charge on any atom is -0.342 e. The van der Waals surface area contributed by atoms with Crippen LogP contribution in [0.2, 0.25) is 5.02 Å². The first-order valence-electron chi connectivity index (χ1n) is 6.69. The number of carbonyl (C=O) groups is 2. The van der Waals surface area contributed by atoms with Crippen molar-refractivity contribution in [3.05, 3.63) is 29.3 Å². The van der Waals surface area contributed by atoms with Crippen molar-refractivity contribution < 1.29 is 9.59 Å². The second-order valence-corrected chi connectivity index (χ2v) is 5.50. The lowest BCUT2D eigenvalue weighted by atomic mass is 9.90. The maximum absolute atomic E-state index is 12.4.